The zero-order valence-corrected chi connectivity index (χ0v) is 19.5. The van der Waals surface area contributed by atoms with Crippen molar-refractivity contribution in [3.63, 3.8) is 0 Å². The van der Waals surface area contributed by atoms with Crippen molar-refractivity contribution in [2.75, 3.05) is 16.8 Å². The first-order valence-electron chi connectivity index (χ1n) is 10.9. The Balaban J connectivity index is 1.25. The number of anilines is 2. The largest absolute Gasteiger partial charge is 0.367 e. The molecule has 0 bridgehead atoms. The number of aryl methyl sites for hydroxylation is 1. The summed E-state index contributed by atoms with van der Waals surface area (Å²) in [7, 11) is -3.84. The van der Waals surface area contributed by atoms with E-state index in [0.717, 1.165) is 30.6 Å². The van der Waals surface area contributed by atoms with E-state index in [4.69, 9.17) is 11.6 Å². The molecule has 6 nitrogen and oxygen atoms in total. The summed E-state index contributed by atoms with van der Waals surface area (Å²) in [5, 5.41) is 2.87. The minimum absolute atomic E-state index is 0.0329. The van der Waals surface area contributed by atoms with Gasteiger partial charge in [0.1, 0.15) is 4.90 Å². The van der Waals surface area contributed by atoms with E-state index < -0.39 is 10.0 Å². The van der Waals surface area contributed by atoms with Gasteiger partial charge in [-0.3, -0.25) is 4.79 Å². The lowest BCUT2D eigenvalue weighted by molar-refractivity contribution is -0.116. The molecule has 0 fully saturated rings. The lowest BCUT2D eigenvalue weighted by atomic mass is 10.0. The summed E-state index contributed by atoms with van der Waals surface area (Å²) in [6.07, 6.45) is 1.98. The van der Waals surface area contributed by atoms with Crippen LogP contribution < -0.4 is 14.9 Å². The van der Waals surface area contributed by atoms with Crippen molar-refractivity contribution in [1.82, 2.24) is 4.72 Å². The Labute approximate surface area is 198 Å². The molecular formula is C25H24ClN3O3S. The van der Waals surface area contributed by atoms with Crippen molar-refractivity contribution in [3.8, 4) is 0 Å². The average molecular weight is 482 g/mol. The van der Waals surface area contributed by atoms with Gasteiger partial charge in [0.15, 0.2) is 0 Å². The second kappa shape index (κ2) is 8.82. The van der Waals surface area contributed by atoms with E-state index in [1.165, 1.54) is 22.9 Å². The molecule has 2 aliphatic heterocycles. The average Bonchev–Trinajstić information content (AvgIpc) is 3.21. The fourth-order valence-electron chi connectivity index (χ4n) is 4.39. The van der Waals surface area contributed by atoms with E-state index in [0.29, 0.717) is 18.5 Å². The van der Waals surface area contributed by atoms with Crippen LogP contribution in [0.4, 0.5) is 11.4 Å². The third kappa shape index (κ3) is 4.62. The fraction of sp³-hybridized carbons (Fsp3) is 0.240. The van der Waals surface area contributed by atoms with Gasteiger partial charge in [-0.05, 0) is 53.3 Å². The molecule has 0 spiro atoms. The quantitative estimate of drug-likeness (QED) is 0.551. The number of carbonyl (C=O) groups excluding carboxylic acids is 1. The van der Waals surface area contributed by atoms with Gasteiger partial charge in [-0.1, -0.05) is 54.1 Å². The fourth-order valence-corrected chi connectivity index (χ4v) is 5.99. The summed E-state index contributed by atoms with van der Waals surface area (Å²) >= 11 is 6.27. The Morgan fingerprint density at radius 2 is 1.70 bits per heavy atom. The molecule has 0 saturated heterocycles. The highest BCUT2D eigenvalue weighted by Crippen LogP contribution is 2.32. The van der Waals surface area contributed by atoms with Crippen molar-refractivity contribution in [3.05, 3.63) is 87.9 Å². The Kier molecular flexibility index (Phi) is 5.86. The number of para-hydroxylation sites is 1. The van der Waals surface area contributed by atoms with Crippen LogP contribution in [-0.4, -0.2) is 20.9 Å². The number of nitrogens with one attached hydrogen (secondary N) is 2. The number of amides is 1. The first-order chi connectivity index (χ1) is 15.9. The van der Waals surface area contributed by atoms with E-state index in [1.807, 2.05) is 24.3 Å². The summed E-state index contributed by atoms with van der Waals surface area (Å²) in [6.45, 7) is 1.97. The van der Waals surface area contributed by atoms with E-state index in [9.17, 15) is 13.2 Å². The van der Waals surface area contributed by atoms with Crippen LogP contribution in [0.5, 0.6) is 0 Å². The molecule has 170 valence electrons. The van der Waals surface area contributed by atoms with Crippen LogP contribution in [0.15, 0.2) is 65.6 Å². The molecule has 0 aromatic heterocycles. The molecule has 33 heavy (non-hydrogen) atoms. The van der Waals surface area contributed by atoms with Gasteiger partial charge >= 0.3 is 0 Å². The molecule has 3 aromatic rings. The van der Waals surface area contributed by atoms with Gasteiger partial charge < -0.3 is 10.2 Å². The predicted octanol–water partition coefficient (Wildman–Crippen LogP) is 4.27. The maximum atomic E-state index is 12.9. The van der Waals surface area contributed by atoms with Gasteiger partial charge in [0, 0.05) is 37.4 Å². The highest BCUT2D eigenvalue weighted by atomic mass is 35.5. The zero-order chi connectivity index (χ0) is 23.0. The second-order valence-electron chi connectivity index (χ2n) is 8.43. The molecule has 5 rings (SSSR count). The maximum absolute atomic E-state index is 12.9. The lowest BCUT2D eigenvalue weighted by Gasteiger charge is -2.20. The van der Waals surface area contributed by atoms with Crippen LogP contribution >= 0.6 is 11.6 Å². The molecule has 1 amide bonds. The van der Waals surface area contributed by atoms with Crippen LogP contribution in [0.3, 0.4) is 0 Å². The predicted molar refractivity (Wildman–Crippen MR) is 130 cm³/mol. The van der Waals surface area contributed by atoms with E-state index in [1.54, 1.807) is 6.07 Å². The normalized spacial score (nSPS) is 15.2. The summed E-state index contributed by atoms with van der Waals surface area (Å²) in [5.74, 6) is -0.126. The Morgan fingerprint density at radius 1 is 0.939 bits per heavy atom. The molecule has 0 atom stereocenters. The van der Waals surface area contributed by atoms with Crippen molar-refractivity contribution >= 4 is 38.9 Å². The number of hydrogen-bond donors (Lipinski definition) is 2. The number of sulfonamides is 1. The highest BCUT2D eigenvalue weighted by Gasteiger charge is 2.23. The van der Waals surface area contributed by atoms with Crippen molar-refractivity contribution in [1.29, 1.82) is 0 Å². The topological polar surface area (TPSA) is 78.5 Å². The van der Waals surface area contributed by atoms with E-state index >= 15 is 0 Å². The summed E-state index contributed by atoms with van der Waals surface area (Å²) in [5.41, 5.74) is 6.04. The van der Waals surface area contributed by atoms with Crippen LogP contribution in [0.25, 0.3) is 0 Å². The molecule has 2 N–H and O–H groups in total. The first kappa shape index (κ1) is 21.9. The molecule has 0 radical (unpaired) electrons. The molecule has 3 aromatic carbocycles. The smallest absolute Gasteiger partial charge is 0.242 e. The summed E-state index contributed by atoms with van der Waals surface area (Å²) < 4.78 is 28.4. The number of hydrogen-bond acceptors (Lipinski definition) is 4. The summed E-state index contributed by atoms with van der Waals surface area (Å²) in [4.78, 5) is 14.0. The summed E-state index contributed by atoms with van der Waals surface area (Å²) in [6, 6.07) is 19.5. The minimum atomic E-state index is -3.84. The lowest BCUT2D eigenvalue weighted by Crippen LogP contribution is -2.25. The Hall–Kier alpha value is -2.87. The van der Waals surface area contributed by atoms with Gasteiger partial charge in [-0.25, -0.2) is 13.1 Å². The zero-order valence-electron chi connectivity index (χ0n) is 18.0. The van der Waals surface area contributed by atoms with Gasteiger partial charge in [-0.15, -0.1) is 0 Å². The van der Waals surface area contributed by atoms with Crippen LogP contribution in [-0.2, 0) is 40.7 Å². The Bertz CT molecular complexity index is 1320. The third-order valence-electron chi connectivity index (χ3n) is 6.19. The molecular weight excluding hydrogens is 458 g/mol. The number of carbonyl (C=O) groups is 1. The van der Waals surface area contributed by atoms with E-state index in [-0.39, 0.29) is 22.4 Å². The second-order valence-corrected chi connectivity index (χ2v) is 10.6. The first-order valence-corrected chi connectivity index (χ1v) is 12.8. The SMILES string of the molecule is O=C1CCc2cc(Cl)c(S(=O)(=O)NCc3ccc(CN4CCc5ccccc54)cc3)cc2N1. The third-order valence-corrected chi connectivity index (χ3v) is 8.05. The number of halogens is 1. The van der Waals surface area contributed by atoms with Gasteiger partial charge in [0.05, 0.1) is 5.02 Å². The van der Waals surface area contributed by atoms with Crippen LogP contribution in [0.2, 0.25) is 5.02 Å². The molecule has 8 heteroatoms. The number of rotatable bonds is 6. The van der Waals surface area contributed by atoms with Crippen LogP contribution in [0.1, 0.15) is 28.7 Å². The molecule has 0 unspecified atom stereocenters. The van der Waals surface area contributed by atoms with E-state index in [2.05, 4.69) is 39.2 Å². The van der Waals surface area contributed by atoms with Crippen molar-refractivity contribution < 1.29 is 13.2 Å². The number of nitrogens with zero attached hydrogens (tertiary/aromatic N) is 1. The highest BCUT2D eigenvalue weighted by molar-refractivity contribution is 7.89. The molecule has 0 saturated carbocycles. The monoisotopic (exact) mass is 481 g/mol. The van der Waals surface area contributed by atoms with Crippen molar-refractivity contribution in [2.24, 2.45) is 0 Å². The number of benzene rings is 3. The maximum Gasteiger partial charge on any atom is 0.242 e. The number of fused-ring (bicyclic) bond motifs is 2. The van der Waals surface area contributed by atoms with Crippen molar-refractivity contribution in [2.45, 2.75) is 37.2 Å². The van der Waals surface area contributed by atoms with Gasteiger partial charge in [-0.2, -0.15) is 0 Å². The standard InChI is InChI=1S/C25H24ClN3O3S/c26-21-13-20-9-10-25(30)28-22(20)14-24(21)33(31,32)27-15-17-5-7-18(8-6-17)16-29-12-11-19-3-1-2-4-23(19)29/h1-8,13-14,27H,9-12,15-16H2,(H,28,30). The molecule has 2 heterocycles. The minimum Gasteiger partial charge on any atom is -0.367 e. The molecule has 0 aliphatic carbocycles. The molecule has 2 aliphatic rings. The Morgan fingerprint density at radius 3 is 2.52 bits per heavy atom. The van der Waals surface area contributed by atoms with Gasteiger partial charge in [0.25, 0.3) is 0 Å². The van der Waals surface area contributed by atoms with Gasteiger partial charge in [0.2, 0.25) is 15.9 Å². The van der Waals surface area contributed by atoms with Crippen LogP contribution in [0, 0.1) is 0 Å².